The van der Waals surface area contributed by atoms with Crippen LogP contribution in [0.2, 0.25) is 0 Å². The largest absolute Gasteiger partial charge is 0.480 e. The van der Waals surface area contributed by atoms with Crippen LogP contribution in [0.15, 0.2) is 4.99 Å². The Bertz CT molecular complexity index is 182. The minimum atomic E-state index is -1.08. The van der Waals surface area contributed by atoms with Crippen LogP contribution < -0.4 is 0 Å². The lowest BCUT2D eigenvalue weighted by molar-refractivity contribution is -0.188. The minimum Gasteiger partial charge on any atom is -0.480 e. The van der Waals surface area contributed by atoms with Crippen LogP contribution in [0.1, 0.15) is 6.92 Å². The van der Waals surface area contributed by atoms with E-state index in [-0.39, 0.29) is 0 Å². The lowest BCUT2D eigenvalue weighted by Gasteiger charge is -2.13. The number of methoxy groups -OCH3 is 1. The van der Waals surface area contributed by atoms with Crippen molar-refractivity contribution in [2.75, 3.05) is 14.2 Å². The summed E-state index contributed by atoms with van der Waals surface area (Å²) in [6, 6.07) is -0.986. The van der Waals surface area contributed by atoms with E-state index < -0.39 is 18.1 Å². The maximum Gasteiger partial charge on any atom is 0.331 e. The second-order valence-electron chi connectivity index (χ2n) is 2.24. The topological polar surface area (TPSA) is 77.4 Å². The first-order chi connectivity index (χ1) is 6.13. The van der Waals surface area contributed by atoms with Gasteiger partial charge in [0, 0.05) is 7.11 Å². The third kappa shape index (κ3) is 4.44. The standard InChI is InChI=1S/C7H13NO5/c1-5(11-2)6(7(9)10)8-4-13-12-3/h4-6H,1-3H3,(H,9,10)/b8-4-/t5-,6?/m1/s1. The molecule has 0 spiro atoms. The van der Waals surface area contributed by atoms with Gasteiger partial charge in [0.2, 0.25) is 6.40 Å². The van der Waals surface area contributed by atoms with E-state index in [0.29, 0.717) is 0 Å². The van der Waals surface area contributed by atoms with Gasteiger partial charge in [-0.1, -0.05) is 0 Å². The van der Waals surface area contributed by atoms with Crippen molar-refractivity contribution in [3.8, 4) is 0 Å². The fourth-order valence-corrected chi connectivity index (χ4v) is 0.648. The Balaban J connectivity index is 4.17. The van der Waals surface area contributed by atoms with Crippen LogP contribution in [0, 0.1) is 0 Å². The van der Waals surface area contributed by atoms with Gasteiger partial charge in [-0.3, -0.25) is 0 Å². The molecule has 0 aromatic heterocycles. The van der Waals surface area contributed by atoms with Crippen molar-refractivity contribution in [2.24, 2.45) is 4.99 Å². The molecule has 0 amide bonds. The van der Waals surface area contributed by atoms with E-state index in [2.05, 4.69) is 14.8 Å². The zero-order chi connectivity index (χ0) is 10.3. The Labute approximate surface area is 76.0 Å². The van der Waals surface area contributed by atoms with Gasteiger partial charge in [-0.05, 0) is 6.92 Å². The number of carboxylic acid groups (broad SMARTS) is 1. The number of ether oxygens (including phenoxy) is 1. The molecule has 2 atom stereocenters. The second-order valence-corrected chi connectivity index (χ2v) is 2.24. The van der Waals surface area contributed by atoms with Crippen LogP contribution in [0.25, 0.3) is 0 Å². The first kappa shape index (κ1) is 11.9. The van der Waals surface area contributed by atoms with Crippen molar-refractivity contribution >= 4 is 12.4 Å². The van der Waals surface area contributed by atoms with Gasteiger partial charge in [0.15, 0.2) is 6.04 Å². The Hall–Kier alpha value is -1.14. The van der Waals surface area contributed by atoms with Gasteiger partial charge in [-0.25, -0.2) is 9.79 Å². The van der Waals surface area contributed by atoms with Crippen molar-refractivity contribution in [1.82, 2.24) is 0 Å². The van der Waals surface area contributed by atoms with Gasteiger partial charge in [0.25, 0.3) is 0 Å². The summed E-state index contributed by atoms with van der Waals surface area (Å²) >= 11 is 0. The van der Waals surface area contributed by atoms with E-state index in [0.717, 1.165) is 6.40 Å². The number of aliphatic imine (C=N–C) groups is 1. The molecule has 1 unspecified atom stereocenters. The molecule has 6 heteroatoms. The van der Waals surface area contributed by atoms with Gasteiger partial charge >= 0.3 is 5.97 Å². The van der Waals surface area contributed by atoms with Crippen LogP contribution in [0.3, 0.4) is 0 Å². The van der Waals surface area contributed by atoms with Gasteiger partial charge in [-0.15, -0.1) is 0 Å². The first-order valence-corrected chi connectivity index (χ1v) is 3.60. The van der Waals surface area contributed by atoms with Crippen LogP contribution >= 0.6 is 0 Å². The van der Waals surface area contributed by atoms with Crippen molar-refractivity contribution < 1.29 is 24.4 Å². The molecule has 0 radical (unpaired) electrons. The normalized spacial score (nSPS) is 15.6. The van der Waals surface area contributed by atoms with Gasteiger partial charge in [-0.2, -0.15) is 4.89 Å². The highest BCUT2D eigenvalue weighted by Crippen LogP contribution is 2.02. The Morgan fingerprint density at radius 2 is 2.15 bits per heavy atom. The number of hydrogen-bond donors (Lipinski definition) is 1. The summed E-state index contributed by atoms with van der Waals surface area (Å²) in [5.74, 6) is -1.08. The predicted molar refractivity (Wildman–Crippen MR) is 44.5 cm³/mol. The van der Waals surface area contributed by atoms with Crippen LogP contribution in [-0.4, -0.2) is 43.8 Å². The summed E-state index contributed by atoms with van der Waals surface area (Å²) in [6.07, 6.45) is 0.406. The number of nitrogens with zero attached hydrogens (tertiary/aromatic N) is 1. The zero-order valence-corrected chi connectivity index (χ0v) is 7.76. The van der Waals surface area contributed by atoms with E-state index in [9.17, 15) is 4.79 Å². The third-order valence-electron chi connectivity index (χ3n) is 1.43. The molecule has 0 rings (SSSR count). The Morgan fingerprint density at radius 3 is 2.54 bits per heavy atom. The molecule has 6 nitrogen and oxygen atoms in total. The molecule has 13 heavy (non-hydrogen) atoms. The molecule has 0 aromatic rings. The van der Waals surface area contributed by atoms with E-state index in [1.54, 1.807) is 6.92 Å². The number of rotatable bonds is 6. The number of carboxylic acids is 1. The molecule has 1 N–H and O–H groups in total. The molecule has 0 aliphatic heterocycles. The minimum absolute atomic E-state index is 0.519. The van der Waals surface area contributed by atoms with Crippen LogP contribution in [-0.2, 0) is 19.3 Å². The van der Waals surface area contributed by atoms with Crippen molar-refractivity contribution in [3.05, 3.63) is 0 Å². The predicted octanol–water partition coefficient (Wildman–Crippen LogP) is 0.0808. The van der Waals surface area contributed by atoms with Gasteiger partial charge in [0.05, 0.1) is 13.2 Å². The van der Waals surface area contributed by atoms with E-state index in [1.165, 1.54) is 14.2 Å². The van der Waals surface area contributed by atoms with Crippen LogP contribution in [0.5, 0.6) is 0 Å². The summed E-state index contributed by atoms with van der Waals surface area (Å²) < 4.78 is 4.81. The van der Waals surface area contributed by atoms with Crippen molar-refractivity contribution in [1.29, 1.82) is 0 Å². The molecule has 0 fully saturated rings. The zero-order valence-electron chi connectivity index (χ0n) is 7.76. The Morgan fingerprint density at radius 1 is 1.54 bits per heavy atom. The fraction of sp³-hybridized carbons (Fsp3) is 0.714. The number of carbonyl (C=O) groups is 1. The van der Waals surface area contributed by atoms with E-state index in [4.69, 9.17) is 9.84 Å². The SMILES string of the molecule is COO/C=N\C(C(=O)O)[C@@H](C)OC. The summed E-state index contributed by atoms with van der Waals surface area (Å²) in [5.41, 5.74) is 0. The van der Waals surface area contributed by atoms with E-state index >= 15 is 0 Å². The molecular weight excluding hydrogens is 178 g/mol. The van der Waals surface area contributed by atoms with Crippen molar-refractivity contribution in [2.45, 2.75) is 19.1 Å². The second kappa shape index (κ2) is 6.38. The quantitative estimate of drug-likeness (QED) is 0.278. The van der Waals surface area contributed by atoms with Crippen LogP contribution in [0.4, 0.5) is 0 Å². The highest BCUT2D eigenvalue weighted by molar-refractivity contribution is 5.75. The molecule has 0 bridgehead atoms. The lowest BCUT2D eigenvalue weighted by atomic mass is 10.2. The highest BCUT2D eigenvalue weighted by Gasteiger charge is 2.23. The molecule has 0 saturated heterocycles. The fourth-order valence-electron chi connectivity index (χ4n) is 0.648. The summed E-state index contributed by atoms with van der Waals surface area (Å²) in [5, 5.41) is 8.68. The number of aliphatic carboxylic acids is 1. The maximum atomic E-state index is 10.6. The highest BCUT2D eigenvalue weighted by atomic mass is 17.2. The average Bonchev–Trinajstić information content (AvgIpc) is 2.11. The molecule has 0 aliphatic carbocycles. The van der Waals surface area contributed by atoms with Gasteiger partial charge in [0.1, 0.15) is 0 Å². The Kier molecular flexibility index (Phi) is 5.82. The molecule has 0 aromatic carbocycles. The van der Waals surface area contributed by atoms with Crippen molar-refractivity contribution in [3.63, 3.8) is 0 Å². The lowest BCUT2D eigenvalue weighted by Crippen LogP contribution is -2.31. The molecular formula is C7H13NO5. The summed E-state index contributed by atoms with van der Waals surface area (Å²) in [6.45, 7) is 1.60. The summed E-state index contributed by atoms with van der Waals surface area (Å²) in [7, 11) is 2.70. The summed E-state index contributed by atoms with van der Waals surface area (Å²) in [4.78, 5) is 22.7. The molecule has 0 saturated carbocycles. The molecule has 0 aliphatic rings. The van der Waals surface area contributed by atoms with Gasteiger partial charge < -0.3 is 14.7 Å². The third-order valence-corrected chi connectivity index (χ3v) is 1.43. The average molecular weight is 191 g/mol. The smallest absolute Gasteiger partial charge is 0.331 e. The van der Waals surface area contributed by atoms with E-state index in [1.807, 2.05) is 0 Å². The first-order valence-electron chi connectivity index (χ1n) is 3.60. The monoisotopic (exact) mass is 191 g/mol. The number of hydrogen-bond acceptors (Lipinski definition) is 5. The maximum absolute atomic E-state index is 10.6. The molecule has 0 heterocycles. The molecule has 76 valence electrons.